The second kappa shape index (κ2) is 7.52. The summed E-state index contributed by atoms with van der Waals surface area (Å²) < 4.78 is 0. The number of likely N-dealkylation sites (tertiary alicyclic amines) is 1. The van der Waals surface area contributed by atoms with Crippen molar-refractivity contribution in [3.05, 3.63) is 45.2 Å². The van der Waals surface area contributed by atoms with E-state index in [1.54, 1.807) is 0 Å². The molecular weight excluding hydrogens is 296 g/mol. The molecule has 2 aromatic rings. The number of H-pyrrole nitrogens is 1. The lowest BCUT2D eigenvalue weighted by Crippen LogP contribution is -2.38. The first-order valence-corrected chi connectivity index (χ1v) is 9.48. The maximum absolute atomic E-state index is 13.1. The summed E-state index contributed by atoms with van der Waals surface area (Å²) in [4.78, 5) is 19.0. The minimum Gasteiger partial charge on any atom is -0.358 e. The Morgan fingerprint density at radius 3 is 2.88 bits per heavy atom. The van der Waals surface area contributed by atoms with E-state index in [-0.39, 0.29) is 5.43 Å². The van der Waals surface area contributed by atoms with Crippen LogP contribution in [0.4, 0.5) is 0 Å². The molecule has 1 fully saturated rings. The van der Waals surface area contributed by atoms with Gasteiger partial charge in [0.25, 0.3) is 0 Å². The van der Waals surface area contributed by atoms with Gasteiger partial charge < -0.3 is 4.98 Å². The quantitative estimate of drug-likeness (QED) is 0.875. The van der Waals surface area contributed by atoms with Gasteiger partial charge in [-0.05, 0) is 63.8 Å². The summed E-state index contributed by atoms with van der Waals surface area (Å²) >= 11 is 0. The van der Waals surface area contributed by atoms with Gasteiger partial charge in [0.1, 0.15) is 0 Å². The van der Waals surface area contributed by atoms with Crippen molar-refractivity contribution in [3.8, 4) is 0 Å². The number of piperidine rings is 1. The Hall–Kier alpha value is -1.61. The van der Waals surface area contributed by atoms with Crippen molar-refractivity contribution < 1.29 is 0 Å². The standard InChI is InChI=1S/C21H30N2O/c1-4-5-9-17-10-11-20-18(13-17)21(24)19(16(3)22-20)14-23-12-7-6-8-15(23)2/h10-11,13,15H,4-9,12,14H2,1-3H3,(H,22,24). The molecule has 3 rings (SSSR count). The molecule has 3 heteroatoms. The zero-order chi connectivity index (χ0) is 17.1. The number of aromatic amines is 1. The fourth-order valence-corrected chi connectivity index (χ4v) is 3.82. The van der Waals surface area contributed by atoms with Crippen LogP contribution in [0.2, 0.25) is 0 Å². The number of benzene rings is 1. The van der Waals surface area contributed by atoms with Crippen LogP contribution in [0, 0.1) is 6.92 Å². The molecule has 0 radical (unpaired) electrons. The first kappa shape index (κ1) is 17.2. The Morgan fingerprint density at radius 2 is 2.12 bits per heavy atom. The van der Waals surface area contributed by atoms with E-state index in [0.717, 1.165) is 41.7 Å². The van der Waals surface area contributed by atoms with E-state index in [1.807, 2.05) is 6.92 Å². The normalized spacial score (nSPS) is 19.0. The van der Waals surface area contributed by atoms with Crippen molar-refractivity contribution in [2.75, 3.05) is 6.54 Å². The molecule has 1 saturated heterocycles. The Bertz CT molecular complexity index is 762. The van der Waals surface area contributed by atoms with E-state index in [2.05, 4.69) is 41.9 Å². The molecule has 0 aliphatic carbocycles. The second-order valence-electron chi connectivity index (χ2n) is 7.36. The summed E-state index contributed by atoms with van der Waals surface area (Å²) in [7, 11) is 0. The molecule has 24 heavy (non-hydrogen) atoms. The Kier molecular flexibility index (Phi) is 5.40. The van der Waals surface area contributed by atoms with Crippen LogP contribution >= 0.6 is 0 Å². The lowest BCUT2D eigenvalue weighted by Gasteiger charge is -2.33. The zero-order valence-corrected chi connectivity index (χ0v) is 15.3. The lowest BCUT2D eigenvalue weighted by molar-refractivity contribution is 0.152. The van der Waals surface area contributed by atoms with Crippen LogP contribution < -0.4 is 5.43 Å². The minimum atomic E-state index is 0.220. The van der Waals surface area contributed by atoms with Crippen LogP contribution in [0.1, 0.15) is 62.8 Å². The summed E-state index contributed by atoms with van der Waals surface area (Å²) in [6.45, 7) is 8.41. The largest absolute Gasteiger partial charge is 0.358 e. The van der Waals surface area contributed by atoms with Gasteiger partial charge in [0.15, 0.2) is 5.43 Å². The second-order valence-corrected chi connectivity index (χ2v) is 7.36. The molecule has 1 aromatic heterocycles. The molecule has 2 heterocycles. The lowest BCUT2D eigenvalue weighted by atomic mass is 10.0. The Morgan fingerprint density at radius 1 is 1.29 bits per heavy atom. The number of rotatable bonds is 5. The fourth-order valence-electron chi connectivity index (χ4n) is 3.82. The van der Waals surface area contributed by atoms with Gasteiger partial charge in [-0.25, -0.2) is 0 Å². The average molecular weight is 326 g/mol. The molecule has 1 unspecified atom stereocenters. The smallest absolute Gasteiger partial charge is 0.194 e. The van der Waals surface area contributed by atoms with Gasteiger partial charge in [-0.3, -0.25) is 9.69 Å². The van der Waals surface area contributed by atoms with Crippen molar-refractivity contribution in [2.45, 2.75) is 71.9 Å². The maximum Gasteiger partial charge on any atom is 0.194 e. The summed E-state index contributed by atoms with van der Waals surface area (Å²) in [6.07, 6.45) is 7.21. The summed E-state index contributed by atoms with van der Waals surface area (Å²) in [5.41, 5.74) is 4.43. The maximum atomic E-state index is 13.1. The number of aryl methyl sites for hydroxylation is 2. The van der Waals surface area contributed by atoms with Crippen LogP contribution in [0.25, 0.3) is 10.9 Å². The Labute approximate surface area is 145 Å². The van der Waals surface area contributed by atoms with Gasteiger partial charge >= 0.3 is 0 Å². The molecule has 0 saturated carbocycles. The van der Waals surface area contributed by atoms with Gasteiger partial charge in [-0.2, -0.15) is 0 Å². The first-order valence-electron chi connectivity index (χ1n) is 9.48. The highest BCUT2D eigenvalue weighted by molar-refractivity contribution is 5.80. The molecule has 0 bridgehead atoms. The van der Waals surface area contributed by atoms with Crippen molar-refractivity contribution in [1.82, 2.24) is 9.88 Å². The average Bonchev–Trinajstić information content (AvgIpc) is 2.58. The molecule has 130 valence electrons. The summed E-state index contributed by atoms with van der Waals surface area (Å²) in [5, 5.41) is 0.855. The predicted molar refractivity (Wildman–Crippen MR) is 102 cm³/mol. The number of pyridine rings is 1. The molecule has 3 nitrogen and oxygen atoms in total. The highest BCUT2D eigenvalue weighted by atomic mass is 16.1. The molecular formula is C21H30N2O. The molecule has 0 amide bonds. The molecule has 1 aliphatic rings. The fraction of sp³-hybridized carbons (Fsp3) is 0.571. The molecule has 1 atom stereocenters. The van der Waals surface area contributed by atoms with Crippen LogP contribution in [0.5, 0.6) is 0 Å². The van der Waals surface area contributed by atoms with Crippen molar-refractivity contribution in [3.63, 3.8) is 0 Å². The first-order chi connectivity index (χ1) is 11.6. The molecule has 0 spiro atoms. The van der Waals surface area contributed by atoms with Gasteiger partial charge in [-0.1, -0.05) is 25.8 Å². The number of aromatic nitrogens is 1. The van der Waals surface area contributed by atoms with Crippen molar-refractivity contribution >= 4 is 10.9 Å². The van der Waals surface area contributed by atoms with Gasteiger partial charge in [-0.15, -0.1) is 0 Å². The van der Waals surface area contributed by atoms with Crippen molar-refractivity contribution in [2.24, 2.45) is 0 Å². The highest BCUT2D eigenvalue weighted by Gasteiger charge is 2.21. The third-order valence-electron chi connectivity index (χ3n) is 5.50. The number of fused-ring (bicyclic) bond motifs is 1. The number of hydrogen-bond donors (Lipinski definition) is 1. The van der Waals surface area contributed by atoms with Gasteiger partial charge in [0.05, 0.1) is 0 Å². The summed E-state index contributed by atoms with van der Waals surface area (Å²) in [5.74, 6) is 0. The number of unbranched alkanes of at least 4 members (excludes halogenated alkanes) is 1. The monoisotopic (exact) mass is 326 g/mol. The van der Waals surface area contributed by atoms with Crippen LogP contribution in [0.3, 0.4) is 0 Å². The van der Waals surface area contributed by atoms with Gasteiger partial charge in [0, 0.05) is 34.7 Å². The van der Waals surface area contributed by atoms with E-state index in [0.29, 0.717) is 6.04 Å². The van der Waals surface area contributed by atoms with E-state index in [4.69, 9.17) is 0 Å². The topological polar surface area (TPSA) is 36.1 Å². The SMILES string of the molecule is CCCCc1ccc2[nH]c(C)c(CN3CCCCC3C)c(=O)c2c1. The van der Waals surface area contributed by atoms with E-state index in [1.165, 1.54) is 37.7 Å². The number of hydrogen-bond acceptors (Lipinski definition) is 2. The minimum absolute atomic E-state index is 0.220. The summed E-state index contributed by atoms with van der Waals surface area (Å²) in [6, 6.07) is 6.90. The molecule has 1 aromatic carbocycles. The predicted octanol–water partition coefficient (Wildman–Crippen LogP) is 4.55. The van der Waals surface area contributed by atoms with Crippen LogP contribution in [0.15, 0.2) is 23.0 Å². The van der Waals surface area contributed by atoms with E-state index < -0.39 is 0 Å². The third-order valence-corrected chi connectivity index (χ3v) is 5.50. The third kappa shape index (κ3) is 3.56. The number of nitrogens with one attached hydrogen (secondary N) is 1. The van der Waals surface area contributed by atoms with Crippen LogP contribution in [-0.2, 0) is 13.0 Å². The molecule has 1 aliphatic heterocycles. The number of nitrogens with zero attached hydrogens (tertiary/aromatic N) is 1. The van der Waals surface area contributed by atoms with E-state index in [9.17, 15) is 4.79 Å². The highest BCUT2D eigenvalue weighted by Crippen LogP contribution is 2.21. The van der Waals surface area contributed by atoms with Gasteiger partial charge in [0.2, 0.25) is 0 Å². The molecule has 1 N–H and O–H groups in total. The van der Waals surface area contributed by atoms with Crippen molar-refractivity contribution in [1.29, 1.82) is 0 Å². The van der Waals surface area contributed by atoms with Crippen LogP contribution in [-0.4, -0.2) is 22.5 Å². The Balaban J connectivity index is 1.96. The zero-order valence-electron chi connectivity index (χ0n) is 15.3. The van der Waals surface area contributed by atoms with E-state index >= 15 is 0 Å².